The van der Waals surface area contributed by atoms with E-state index in [0.29, 0.717) is 5.56 Å². The van der Waals surface area contributed by atoms with Gasteiger partial charge in [-0.15, -0.1) is 11.3 Å². The molecule has 2 unspecified atom stereocenters. The van der Waals surface area contributed by atoms with Crippen molar-refractivity contribution in [3.63, 3.8) is 0 Å². The molecule has 1 N–H and O–H groups in total. The van der Waals surface area contributed by atoms with Crippen LogP contribution in [0.4, 0.5) is 5.69 Å². The van der Waals surface area contributed by atoms with Gasteiger partial charge in [0.25, 0.3) is 5.91 Å². The lowest BCUT2D eigenvalue weighted by atomic mass is 10.0. The maximum atomic E-state index is 12.7. The summed E-state index contributed by atoms with van der Waals surface area (Å²) in [5, 5.41) is 5.32. The molecule has 1 aromatic carbocycles. The summed E-state index contributed by atoms with van der Waals surface area (Å²) in [6.07, 6.45) is 3.30. The van der Waals surface area contributed by atoms with Crippen LogP contribution in [0.2, 0.25) is 0 Å². The first-order valence-corrected chi connectivity index (χ1v) is 10.9. The van der Waals surface area contributed by atoms with E-state index in [9.17, 15) is 4.79 Å². The van der Waals surface area contributed by atoms with Gasteiger partial charge in [-0.1, -0.05) is 24.3 Å². The Morgan fingerprint density at radius 3 is 2.38 bits per heavy atom. The van der Waals surface area contributed by atoms with Crippen LogP contribution in [-0.4, -0.2) is 48.0 Å². The third-order valence-electron chi connectivity index (χ3n) is 5.44. The van der Waals surface area contributed by atoms with Crippen molar-refractivity contribution in [3.05, 3.63) is 82.8 Å². The van der Waals surface area contributed by atoms with Gasteiger partial charge in [0.05, 0.1) is 6.04 Å². The number of benzene rings is 1. The van der Waals surface area contributed by atoms with Crippen molar-refractivity contribution < 1.29 is 4.79 Å². The largest absolute Gasteiger partial charge is 0.369 e. The van der Waals surface area contributed by atoms with E-state index in [0.717, 1.165) is 26.2 Å². The molecule has 4 rings (SSSR count). The van der Waals surface area contributed by atoms with Gasteiger partial charge < -0.3 is 10.2 Å². The molecule has 2 aromatic heterocycles. The Balaban J connectivity index is 1.46. The second-order valence-corrected chi connectivity index (χ2v) is 8.30. The van der Waals surface area contributed by atoms with Crippen molar-refractivity contribution in [1.29, 1.82) is 0 Å². The van der Waals surface area contributed by atoms with Gasteiger partial charge in [0.15, 0.2) is 0 Å². The fraction of sp³-hybridized carbons (Fsp3) is 0.304. The molecule has 1 fully saturated rings. The fourth-order valence-corrected chi connectivity index (χ4v) is 4.94. The molecule has 5 nitrogen and oxygen atoms in total. The van der Waals surface area contributed by atoms with Crippen LogP contribution in [0.1, 0.15) is 28.2 Å². The van der Waals surface area contributed by atoms with E-state index < -0.39 is 0 Å². The van der Waals surface area contributed by atoms with Crippen molar-refractivity contribution in [2.24, 2.45) is 0 Å². The van der Waals surface area contributed by atoms with Crippen molar-refractivity contribution in [1.82, 2.24) is 15.2 Å². The van der Waals surface area contributed by atoms with Crippen molar-refractivity contribution in [2.75, 3.05) is 31.1 Å². The lowest BCUT2D eigenvalue weighted by Gasteiger charge is -2.42. The molecule has 2 atom stereocenters. The van der Waals surface area contributed by atoms with Crippen molar-refractivity contribution in [2.45, 2.75) is 19.0 Å². The minimum Gasteiger partial charge on any atom is -0.369 e. The van der Waals surface area contributed by atoms with Gasteiger partial charge in [-0.05, 0) is 42.6 Å². The molecule has 3 heterocycles. The number of hydrogen-bond acceptors (Lipinski definition) is 5. The molecule has 1 saturated heterocycles. The molecule has 3 aromatic rings. The number of pyridine rings is 1. The SMILES string of the molecule is CC(NC(=O)c1ccncc1)C(c1cccs1)N1CCN(c2ccccc2)CC1. The smallest absolute Gasteiger partial charge is 0.251 e. The van der Waals surface area contributed by atoms with Crippen LogP contribution in [0.5, 0.6) is 0 Å². The summed E-state index contributed by atoms with van der Waals surface area (Å²) in [7, 11) is 0. The standard InChI is InChI=1S/C23H26N4OS/c1-18(25-23(28)19-9-11-24-12-10-19)22(21-8-5-17-29-21)27-15-13-26(14-16-27)20-6-3-2-4-7-20/h2-12,17-18,22H,13-16H2,1H3,(H,25,28). The minimum atomic E-state index is -0.0515. The monoisotopic (exact) mass is 406 g/mol. The molecule has 0 bridgehead atoms. The number of nitrogens with zero attached hydrogens (tertiary/aromatic N) is 3. The van der Waals surface area contributed by atoms with E-state index in [-0.39, 0.29) is 18.0 Å². The average Bonchev–Trinajstić information content (AvgIpc) is 3.30. The Morgan fingerprint density at radius 1 is 1.00 bits per heavy atom. The number of amides is 1. The first kappa shape index (κ1) is 19.6. The normalized spacial score (nSPS) is 16.9. The number of para-hydroxylation sites is 1. The highest BCUT2D eigenvalue weighted by Gasteiger charge is 2.31. The van der Waals surface area contributed by atoms with Crippen LogP contribution >= 0.6 is 11.3 Å². The van der Waals surface area contributed by atoms with E-state index >= 15 is 0 Å². The summed E-state index contributed by atoms with van der Waals surface area (Å²) in [6, 6.07) is 18.5. The Kier molecular flexibility index (Phi) is 6.22. The van der Waals surface area contributed by atoms with Crippen LogP contribution in [0, 0.1) is 0 Å². The molecular weight excluding hydrogens is 380 g/mol. The predicted molar refractivity (Wildman–Crippen MR) is 118 cm³/mol. The molecule has 6 heteroatoms. The molecule has 0 radical (unpaired) electrons. The number of anilines is 1. The predicted octanol–water partition coefficient (Wildman–Crippen LogP) is 3.82. The lowest BCUT2D eigenvalue weighted by molar-refractivity contribution is 0.0890. The Labute approximate surface area is 176 Å². The molecular formula is C23H26N4OS. The van der Waals surface area contributed by atoms with Gasteiger partial charge in [0.2, 0.25) is 0 Å². The van der Waals surface area contributed by atoms with Gasteiger partial charge in [0.1, 0.15) is 0 Å². The molecule has 1 amide bonds. The van der Waals surface area contributed by atoms with Gasteiger partial charge in [0, 0.05) is 60.7 Å². The first-order valence-electron chi connectivity index (χ1n) is 10.0. The van der Waals surface area contributed by atoms with Gasteiger partial charge in [-0.3, -0.25) is 14.7 Å². The van der Waals surface area contributed by atoms with Crippen LogP contribution in [0.25, 0.3) is 0 Å². The lowest BCUT2D eigenvalue weighted by Crippen LogP contribution is -2.52. The maximum Gasteiger partial charge on any atom is 0.251 e. The Bertz CT molecular complexity index is 893. The number of piperazine rings is 1. The van der Waals surface area contributed by atoms with E-state index in [1.54, 1.807) is 35.9 Å². The van der Waals surface area contributed by atoms with Crippen LogP contribution in [0.15, 0.2) is 72.4 Å². The molecule has 0 aliphatic carbocycles. The van der Waals surface area contributed by atoms with Gasteiger partial charge >= 0.3 is 0 Å². The van der Waals surface area contributed by atoms with Crippen molar-refractivity contribution in [3.8, 4) is 0 Å². The summed E-state index contributed by atoms with van der Waals surface area (Å²) < 4.78 is 0. The molecule has 0 spiro atoms. The highest BCUT2D eigenvalue weighted by Crippen LogP contribution is 2.30. The van der Waals surface area contributed by atoms with E-state index in [1.165, 1.54) is 10.6 Å². The number of rotatable bonds is 6. The van der Waals surface area contributed by atoms with Crippen LogP contribution in [0.3, 0.4) is 0 Å². The van der Waals surface area contributed by atoms with Gasteiger partial charge in [-0.2, -0.15) is 0 Å². The number of nitrogens with one attached hydrogen (secondary N) is 1. The third kappa shape index (κ3) is 4.66. The summed E-state index contributed by atoms with van der Waals surface area (Å²) in [4.78, 5) is 22.9. The zero-order valence-electron chi connectivity index (χ0n) is 16.6. The molecule has 1 aliphatic rings. The number of thiophene rings is 1. The quantitative estimate of drug-likeness (QED) is 0.676. The fourth-order valence-electron chi connectivity index (χ4n) is 3.97. The Morgan fingerprint density at radius 2 is 1.72 bits per heavy atom. The zero-order chi connectivity index (χ0) is 20.1. The Hall–Kier alpha value is -2.70. The maximum absolute atomic E-state index is 12.7. The number of aromatic nitrogens is 1. The number of carbonyl (C=O) groups is 1. The zero-order valence-corrected chi connectivity index (χ0v) is 17.4. The van der Waals surface area contributed by atoms with Crippen LogP contribution in [-0.2, 0) is 0 Å². The highest BCUT2D eigenvalue weighted by atomic mass is 32.1. The average molecular weight is 407 g/mol. The van der Waals surface area contributed by atoms with Gasteiger partial charge in [-0.25, -0.2) is 0 Å². The second kappa shape index (κ2) is 9.20. The molecule has 1 aliphatic heterocycles. The van der Waals surface area contributed by atoms with E-state index in [2.05, 4.69) is 74.9 Å². The number of hydrogen-bond donors (Lipinski definition) is 1. The van der Waals surface area contributed by atoms with Crippen molar-refractivity contribution >= 4 is 22.9 Å². The number of carbonyl (C=O) groups excluding carboxylic acids is 1. The van der Waals surface area contributed by atoms with E-state index in [1.807, 2.05) is 0 Å². The topological polar surface area (TPSA) is 48.5 Å². The second-order valence-electron chi connectivity index (χ2n) is 7.32. The first-order chi connectivity index (χ1) is 14.2. The molecule has 0 saturated carbocycles. The third-order valence-corrected chi connectivity index (χ3v) is 6.38. The molecule has 29 heavy (non-hydrogen) atoms. The molecule has 150 valence electrons. The minimum absolute atomic E-state index is 0.00223. The highest BCUT2D eigenvalue weighted by molar-refractivity contribution is 7.10. The summed E-state index contributed by atoms with van der Waals surface area (Å²) in [5.74, 6) is -0.0515. The summed E-state index contributed by atoms with van der Waals surface area (Å²) in [6.45, 7) is 6.00. The summed E-state index contributed by atoms with van der Waals surface area (Å²) >= 11 is 1.76. The van der Waals surface area contributed by atoms with E-state index in [4.69, 9.17) is 0 Å². The van der Waals surface area contributed by atoms with Crippen LogP contribution < -0.4 is 10.2 Å². The summed E-state index contributed by atoms with van der Waals surface area (Å²) in [5.41, 5.74) is 1.92.